The summed E-state index contributed by atoms with van der Waals surface area (Å²) in [5, 5.41) is 9.25. The fourth-order valence-electron chi connectivity index (χ4n) is 3.57. The maximum Gasteiger partial charge on any atom is 0.152 e. The van der Waals surface area contributed by atoms with E-state index in [1.807, 2.05) is 18.3 Å². The smallest absolute Gasteiger partial charge is 0.152 e. The van der Waals surface area contributed by atoms with Crippen molar-refractivity contribution in [2.75, 3.05) is 5.73 Å². The lowest BCUT2D eigenvalue weighted by Crippen LogP contribution is -2.39. The van der Waals surface area contributed by atoms with E-state index in [2.05, 4.69) is 48.9 Å². The lowest BCUT2D eigenvalue weighted by atomic mass is 9.74. The largest absolute Gasteiger partial charge is 0.382 e. The topological polar surface area (TPSA) is 93.6 Å². The van der Waals surface area contributed by atoms with Crippen LogP contribution in [-0.2, 0) is 5.41 Å². The zero-order chi connectivity index (χ0) is 16.1. The van der Waals surface area contributed by atoms with Crippen LogP contribution in [0.1, 0.15) is 39.7 Å². The Bertz CT molecular complexity index is 839. The van der Waals surface area contributed by atoms with Crippen molar-refractivity contribution in [1.29, 1.82) is 0 Å². The summed E-state index contributed by atoms with van der Waals surface area (Å²) in [7, 11) is 0. The van der Waals surface area contributed by atoms with Crippen LogP contribution < -0.4 is 11.5 Å². The van der Waals surface area contributed by atoms with E-state index in [-0.39, 0.29) is 11.0 Å². The molecule has 0 spiro atoms. The van der Waals surface area contributed by atoms with Gasteiger partial charge in [0.25, 0.3) is 0 Å². The first-order valence-electron chi connectivity index (χ1n) is 7.50. The molecule has 0 radical (unpaired) electrons. The number of nitrogen functional groups attached to an aromatic ring is 1. The van der Waals surface area contributed by atoms with E-state index in [1.54, 1.807) is 0 Å². The molecule has 0 aliphatic carbocycles. The summed E-state index contributed by atoms with van der Waals surface area (Å²) in [6, 6.07) is 6.17. The molecule has 0 fully saturated rings. The summed E-state index contributed by atoms with van der Waals surface area (Å²) in [4.78, 5) is 4.51. The molecular formula is C17H23N5. The van der Waals surface area contributed by atoms with Gasteiger partial charge >= 0.3 is 0 Å². The summed E-state index contributed by atoms with van der Waals surface area (Å²) >= 11 is 0. The van der Waals surface area contributed by atoms with Gasteiger partial charge in [0.2, 0.25) is 0 Å². The van der Waals surface area contributed by atoms with Gasteiger partial charge in [-0.2, -0.15) is 5.10 Å². The molecule has 3 aromatic rings. The van der Waals surface area contributed by atoms with E-state index in [9.17, 15) is 0 Å². The minimum atomic E-state index is -0.248. The Balaban J connectivity index is 2.33. The highest BCUT2D eigenvalue weighted by atomic mass is 15.1. The van der Waals surface area contributed by atoms with E-state index in [0.29, 0.717) is 5.82 Å². The average Bonchev–Trinajstić information content (AvgIpc) is 2.85. The minimum absolute atomic E-state index is 0.0836. The van der Waals surface area contributed by atoms with Gasteiger partial charge in [-0.05, 0) is 37.3 Å². The normalized spacial score (nSPS) is 13.1. The monoisotopic (exact) mass is 297 g/mol. The van der Waals surface area contributed by atoms with Gasteiger partial charge in [0.15, 0.2) is 5.82 Å². The second-order valence-corrected chi connectivity index (χ2v) is 7.39. The Hall–Kier alpha value is -2.14. The van der Waals surface area contributed by atoms with Gasteiger partial charge in [-0.1, -0.05) is 26.0 Å². The number of aromatic amines is 1. The molecule has 0 saturated heterocycles. The number of aromatic nitrogens is 3. The molecule has 5 N–H and O–H groups in total. The number of pyridine rings is 1. The highest BCUT2D eigenvalue weighted by molar-refractivity contribution is 6.09. The maximum atomic E-state index is 6.27. The highest BCUT2D eigenvalue weighted by Crippen LogP contribution is 2.38. The Kier molecular flexibility index (Phi) is 3.14. The number of anilines is 1. The molecule has 0 unspecified atom stereocenters. The molecule has 0 atom stereocenters. The number of nitrogens with zero attached hydrogens (tertiary/aromatic N) is 2. The summed E-state index contributed by atoms with van der Waals surface area (Å²) in [6.45, 7) is 8.56. The molecule has 0 amide bonds. The standard InChI is InChI=1S/C17H23N5/c1-16(2,9-17(3,4)19)11-6-5-7-12-13(11)10-8-20-22-14(10)15(18)21-12/h5-8H,9,19H2,1-4H3,(H2,18,21)(H,20,22). The van der Waals surface area contributed by atoms with Crippen LogP contribution in [0.5, 0.6) is 0 Å². The molecule has 116 valence electrons. The van der Waals surface area contributed by atoms with Gasteiger partial charge in [-0.25, -0.2) is 4.98 Å². The second kappa shape index (κ2) is 4.68. The van der Waals surface area contributed by atoms with Crippen LogP contribution >= 0.6 is 0 Å². The van der Waals surface area contributed by atoms with E-state index in [0.717, 1.165) is 28.2 Å². The third-order valence-corrected chi connectivity index (χ3v) is 4.06. The number of hydrogen-bond donors (Lipinski definition) is 3. The van der Waals surface area contributed by atoms with Gasteiger partial charge in [-0.15, -0.1) is 0 Å². The van der Waals surface area contributed by atoms with Crippen molar-refractivity contribution in [3.63, 3.8) is 0 Å². The first kappa shape index (κ1) is 14.8. The molecule has 22 heavy (non-hydrogen) atoms. The van der Waals surface area contributed by atoms with Crippen LogP contribution in [0.2, 0.25) is 0 Å². The summed E-state index contributed by atoms with van der Waals surface area (Å²) in [6.07, 6.45) is 2.76. The first-order chi connectivity index (χ1) is 10.2. The van der Waals surface area contributed by atoms with E-state index >= 15 is 0 Å². The van der Waals surface area contributed by atoms with Crippen LogP contribution in [0, 0.1) is 0 Å². The van der Waals surface area contributed by atoms with Crippen LogP contribution in [0.25, 0.3) is 21.8 Å². The first-order valence-corrected chi connectivity index (χ1v) is 7.50. The molecule has 2 heterocycles. The lowest BCUT2D eigenvalue weighted by molar-refractivity contribution is 0.352. The van der Waals surface area contributed by atoms with E-state index < -0.39 is 0 Å². The zero-order valence-corrected chi connectivity index (χ0v) is 13.6. The van der Waals surface area contributed by atoms with E-state index in [4.69, 9.17) is 11.5 Å². The van der Waals surface area contributed by atoms with Crippen molar-refractivity contribution in [2.24, 2.45) is 5.73 Å². The van der Waals surface area contributed by atoms with E-state index in [1.165, 1.54) is 5.56 Å². The predicted molar refractivity (Wildman–Crippen MR) is 91.7 cm³/mol. The molecule has 0 aliphatic heterocycles. The molecule has 5 nitrogen and oxygen atoms in total. The van der Waals surface area contributed by atoms with Crippen LogP contribution in [-0.4, -0.2) is 20.7 Å². The van der Waals surface area contributed by atoms with Gasteiger partial charge in [0.05, 0.1) is 5.52 Å². The molecule has 3 rings (SSSR count). The van der Waals surface area contributed by atoms with Crippen LogP contribution in [0.15, 0.2) is 24.4 Å². The number of hydrogen-bond acceptors (Lipinski definition) is 4. The maximum absolute atomic E-state index is 6.27. The molecule has 2 aromatic heterocycles. The number of benzene rings is 1. The number of fused-ring (bicyclic) bond motifs is 3. The van der Waals surface area contributed by atoms with Gasteiger partial charge < -0.3 is 11.5 Å². The third-order valence-electron chi connectivity index (χ3n) is 4.06. The predicted octanol–water partition coefficient (Wildman–Crippen LogP) is 3.10. The number of H-pyrrole nitrogens is 1. The Morgan fingerprint density at radius 2 is 1.91 bits per heavy atom. The molecule has 0 saturated carbocycles. The van der Waals surface area contributed by atoms with Crippen molar-refractivity contribution in [3.05, 3.63) is 30.0 Å². The summed E-state index contributed by atoms with van der Waals surface area (Å²) in [5.41, 5.74) is 14.8. The lowest BCUT2D eigenvalue weighted by Gasteiger charge is -2.33. The fraction of sp³-hybridized carbons (Fsp3) is 0.412. The molecular weight excluding hydrogens is 274 g/mol. The number of nitrogens with one attached hydrogen (secondary N) is 1. The molecule has 1 aromatic carbocycles. The third kappa shape index (κ3) is 2.41. The fourth-order valence-corrected chi connectivity index (χ4v) is 3.57. The summed E-state index contributed by atoms with van der Waals surface area (Å²) in [5.74, 6) is 0.456. The minimum Gasteiger partial charge on any atom is -0.382 e. The van der Waals surface area contributed by atoms with Crippen molar-refractivity contribution >= 4 is 27.6 Å². The Labute approximate surface area is 130 Å². The van der Waals surface area contributed by atoms with Crippen molar-refractivity contribution in [1.82, 2.24) is 15.2 Å². The number of rotatable bonds is 3. The summed E-state index contributed by atoms with van der Waals surface area (Å²) < 4.78 is 0. The molecule has 0 aliphatic rings. The SMILES string of the molecule is CC(C)(N)CC(C)(C)c1cccc2nc(N)c3n[nH]cc3c12. The van der Waals surface area contributed by atoms with Crippen LogP contribution in [0.3, 0.4) is 0 Å². The number of nitrogens with two attached hydrogens (primary N) is 2. The van der Waals surface area contributed by atoms with Crippen molar-refractivity contribution in [3.8, 4) is 0 Å². The molecule has 0 bridgehead atoms. The quantitative estimate of drug-likeness (QED) is 0.692. The van der Waals surface area contributed by atoms with Gasteiger partial charge in [0.1, 0.15) is 5.52 Å². The van der Waals surface area contributed by atoms with Crippen LogP contribution in [0.4, 0.5) is 5.82 Å². The Morgan fingerprint density at radius 3 is 2.59 bits per heavy atom. The van der Waals surface area contributed by atoms with Crippen molar-refractivity contribution in [2.45, 2.75) is 45.1 Å². The highest BCUT2D eigenvalue weighted by Gasteiger charge is 2.30. The molecule has 5 heteroatoms. The Morgan fingerprint density at radius 1 is 1.18 bits per heavy atom. The van der Waals surface area contributed by atoms with Gasteiger partial charge in [-0.3, -0.25) is 5.10 Å². The zero-order valence-electron chi connectivity index (χ0n) is 13.6. The second-order valence-electron chi connectivity index (χ2n) is 7.39. The average molecular weight is 297 g/mol. The van der Waals surface area contributed by atoms with Crippen molar-refractivity contribution < 1.29 is 0 Å². The van der Waals surface area contributed by atoms with Gasteiger partial charge in [0, 0.05) is 22.5 Å².